The lowest BCUT2D eigenvalue weighted by molar-refractivity contribution is 0.398. The van der Waals surface area contributed by atoms with Crippen LogP contribution in [0, 0.1) is 5.92 Å². The van der Waals surface area contributed by atoms with Crippen molar-refractivity contribution in [2.24, 2.45) is 5.92 Å². The minimum atomic E-state index is 0.490. The fraction of sp³-hybridized carbons (Fsp3) is 0.400. The van der Waals surface area contributed by atoms with E-state index in [0.29, 0.717) is 11.3 Å². The molecule has 5 rings (SSSR count). The SMILES string of the molecule is CCc1c(/C=C/C2=C(N(C)C)C(CCC3Sc4ccc(Cl)cc4N3CC)CC2)sc2ccc(Cl)cc12. The third-order valence-corrected chi connectivity index (χ3v) is 10.5. The summed E-state index contributed by atoms with van der Waals surface area (Å²) in [6.07, 6.45) is 10.5. The number of halogens is 2. The quantitative estimate of drug-likeness (QED) is 0.272. The Bertz CT molecular complexity index is 1320. The zero-order chi connectivity index (χ0) is 25.4. The van der Waals surface area contributed by atoms with E-state index in [1.165, 1.54) is 61.6 Å². The molecular weight excluding hydrogens is 523 g/mol. The summed E-state index contributed by atoms with van der Waals surface area (Å²) >= 11 is 16.5. The van der Waals surface area contributed by atoms with Gasteiger partial charge >= 0.3 is 0 Å². The molecule has 0 bridgehead atoms. The van der Waals surface area contributed by atoms with E-state index in [4.69, 9.17) is 23.2 Å². The van der Waals surface area contributed by atoms with Gasteiger partial charge < -0.3 is 9.80 Å². The number of benzene rings is 2. The molecule has 0 saturated carbocycles. The summed E-state index contributed by atoms with van der Waals surface area (Å²) in [5.41, 5.74) is 5.71. The molecule has 0 radical (unpaired) electrons. The summed E-state index contributed by atoms with van der Waals surface area (Å²) < 4.78 is 1.32. The molecule has 6 heteroatoms. The number of nitrogens with zero attached hydrogens (tertiary/aromatic N) is 2. The van der Waals surface area contributed by atoms with Crippen LogP contribution in [-0.2, 0) is 6.42 Å². The van der Waals surface area contributed by atoms with E-state index in [1.807, 2.05) is 35.2 Å². The summed E-state index contributed by atoms with van der Waals surface area (Å²) in [4.78, 5) is 7.61. The number of allylic oxidation sites excluding steroid dienone is 3. The lowest BCUT2D eigenvalue weighted by Gasteiger charge is -2.28. The van der Waals surface area contributed by atoms with Crippen LogP contribution >= 0.6 is 46.3 Å². The molecule has 2 unspecified atom stereocenters. The van der Waals surface area contributed by atoms with Crippen molar-refractivity contribution in [1.29, 1.82) is 0 Å². The van der Waals surface area contributed by atoms with Crippen LogP contribution < -0.4 is 4.90 Å². The standard InChI is InChI=1S/C30H34Cl2N2S2/c1-5-23-24-17-21(31)11-14-27(24)35-26(23)13-9-19-7-8-20(30(19)33(3)4)10-16-29-34(6-2)25-18-22(32)12-15-28(25)36-29/h9,11-15,17-18,20,29H,5-8,10,16H2,1-4H3/b13-9+. The predicted molar refractivity (Wildman–Crippen MR) is 162 cm³/mol. The first kappa shape index (κ1) is 26.0. The molecule has 0 N–H and O–H groups in total. The average molecular weight is 558 g/mol. The number of hydrogen-bond acceptors (Lipinski definition) is 4. The lowest BCUT2D eigenvalue weighted by Crippen LogP contribution is -2.29. The number of rotatable bonds is 8. The molecule has 0 amide bonds. The second-order valence-electron chi connectivity index (χ2n) is 9.86. The van der Waals surface area contributed by atoms with Crippen molar-refractivity contribution in [3.05, 3.63) is 74.2 Å². The van der Waals surface area contributed by atoms with Crippen LogP contribution in [0.25, 0.3) is 16.2 Å². The second-order valence-corrected chi connectivity index (χ2v) is 13.0. The molecule has 0 fully saturated rings. The maximum atomic E-state index is 6.31. The zero-order valence-electron chi connectivity index (χ0n) is 21.5. The molecule has 190 valence electrons. The zero-order valence-corrected chi connectivity index (χ0v) is 24.6. The van der Waals surface area contributed by atoms with Gasteiger partial charge in [0.2, 0.25) is 0 Å². The predicted octanol–water partition coefficient (Wildman–Crippen LogP) is 9.75. The van der Waals surface area contributed by atoms with Crippen LogP contribution in [-0.4, -0.2) is 30.9 Å². The van der Waals surface area contributed by atoms with Crippen molar-refractivity contribution in [3.8, 4) is 0 Å². The van der Waals surface area contributed by atoms with Gasteiger partial charge in [0.1, 0.15) is 0 Å². The van der Waals surface area contributed by atoms with Gasteiger partial charge in [-0.3, -0.25) is 0 Å². The fourth-order valence-corrected chi connectivity index (χ4v) is 8.78. The normalized spacial score (nSPS) is 19.8. The highest BCUT2D eigenvalue weighted by Crippen LogP contribution is 2.47. The number of thioether (sulfide) groups is 1. The Balaban J connectivity index is 1.34. The highest BCUT2D eigenvalue weighted by Gasteiger charge is 2.32. The van der Waals surface area contributed by atoms with Crippen LogP contribution in [0.5, 0.6) is 0 Å². The Hall–Kier alpha value is -1.59. The Labute approximate surface area is 234 Å². The third-order valence-electron chi connectivity index (χ3n) is 7.48. The summed E-state index contributed by atoms with van der Waals surface area (Å²) in [7, 11) is 4.42. The van der Waals surface area contributed by atoms with E-state index >= 15 is 0 Å². The second kappa shape index (κ2) is 11.0. The Morgan fingerprint density at radius 2 is 1.81 bits per heavy atom. The van der Waals surface area contributed by atoms with Crippen LogP contribution in [0.2, 0.25) is 10.0 Å². The maximum absolute atomic E-state index is 6.31. The van der Waals surface area contributed by atoms with Gasteiger partial charge in [0, 0.05) is 50.9 Å². The molecule has 2 aromatic carbocycles. The monoisotopic (exact) mass is 556 g/mol. The minimum Gasteiger partial charge on any atom is -0.381 e. The van der Waals surface area contributed by atoms with Crippen molar-refractivity contribution in [3.63, 3.8) is 0 Å². The van der Waals surface area contributed by atoms with Gasteiger partial charge in [-0.05, 0) is 104 Å². The van der Waals surface area contributed by atoms with Crippen LogP contribution in [0.1, 0.15) is 50.0 Å². The number of aryl methyl sites for hydroxylation is 1. The van der Waals surface area contributed by atoms with Gasteiger partial charge in [-0.25, -0.2) is 0 Å². The molecule has 36 heavy (non-hydrogen) atoms. The first-order valence-corrected chi connectivity index (χ1v) is 15.4. The van der Waals surface area contributed by atoms with Crippen LogP contribution in [0.15, 0.2) is 58.6 Å². The van der Waals surface area contributed by atoms with Crippen molar-refractivity contribution in [2.75, 3.05) is 25.5 Å². The van der Waals surface area contributed by atoms with Crippen LogP contribution in [0.4, 0.5) is 5.69 Å². The van der Waals surface area contributed by atoms with Gasteiger partial charge in [-0.15, -0.1) is 11.3 Å². The van der Waals surface area contributed by atoms with Gasteiger partial charge in [-0.2, -0.15) is 0 Å². The molecule has 2 heterocycles. The molecule has 0 spiro atoms. The van der Waals surface area contributed by atoms with E-state index in [2.05, 4.69) is 74.2 Å². The summed E-state index contributed by atoms with van der Waals surface area (Å²) in [5.74, 6) is 0.609. The molecule has 0 saturated heterocycles. The number of anilines is 1. The van der Waals surface area contributed by atoms with E-state index < -0.39 is 0 Å². The Morgan fingerprint density at radius 1 is 1.03 bits per heavy atom. The molecule has 1 aliphatic heterocycles. The molecular formula is C30H34Cl2N2S2. The van der Waals surface area contributed by atoms with Gasteiger partial charge in [-0.1, -0.05) is 48.0 Å². The third kappa shape index (κ3) is 5.07. The number of hydrogen-bond donors (Lipinski definition) is 0. The highest BCUT2D eigenvalue weighted by atomic mass is 35.5. The van der Waals surface area contributed by atoms with Crippen molar-refractivity contribution in [2.45, 2.75) is 56.2 Å². The molecule has 2 aliphatic rings. The molecule has 3 aromatic rings. The van der Waals surface area contributed by atoms with Gasteiger partial charge in [0.15, 0.2) is 0 Å². The van der Waals surface area contributed by atoms with Crippen molar-refractivity contribution >= 4 is 68.2 Å². The summed E-state index contributed by atoms with van der Waals surface area (Å²) in [6.45, 7) is 5.50. The topological polar surface area (TPSA) is 6.48 Å². The molecule has 2 nitrogen and oxygen atoms in total. The largest absolute Gasteiger partial charge is 0.381 e. The number of thiophene rings is 1. The maximum Gasteiger partial charge on any atom is 0.0798 e. The lowest BCUT2D eigenvalue weighted by atomic mass is 9.99. The average Bonchev–Trinajstić information content (AvgIpc) is 3.53. The first-order chi connectivity index (χ1) is 17.4. The number of fused-ring (bicyclic) bond motifs is 2. The Kier molecular flexibility index (Phi) is 7.98. The van der Waals surface area contributed by atoms with Crippen molar-refractivity contribution in [1.82, 2.24) is 4.90 Å². The molecule has 2 atom stereocenters. The van der Waals surface area contributed by atoms with Crippen LogP contribution in [0.3, 0.4) is 0 Å². The molecule has 1 aliphatic carbocycles. The van der Waals surface area contributed by atoms with E-state index in [1.54, 1.807) is 0 Å². The first-order valence-electron chi connectivity index (χ1n) is 12.9. The Morgan fingerprint density at radius 3 is 2.56 bits per heavy atom. The summed E-state index contributed by atoms with van der Waals surface area (Å²) in [6, 6.07) is 12.6. The van der Waals surface area contributed by atoms with Gasteiger partial charge in [0.05, 0.1) is 11.1 Å². The molecule has 1 aromatic heterocycles. The smallest absolute Gasteiger partial charge is 0.0798 e. The minimum absolute atomic E-state index is 0.490. The van der Waals surface area contributed by atoms with Gasteiger partial charge in [0.25, 0.3) is 0 Å². The van der Waals surface area contributed by atoms with Crippen molar-refractivity contribution < 1.29 is 0 Å². The fourth-order valence-electron chi connectivity index (χ4n) is 5.89. The van der Waals surface area contributed by atoms with E-state index in [0.717, 1.165) is 29.4 Å². The summed E-state index contributed by atoms with van der Waals surface area (Å²) in [5, 5.41) is 3.43. The van der Waals surface area contributed by atoms with E-state index in [9.17, 15) is 0 Å². The highest BCUT2D eigenvalue weighted by molar-refractivity contribution is 8.00. The van der Waals surface area contributed by atoms with E-state index in [-0.39, 0.29) is 0 Å².